The second-order valence-electron chi connectivity index (χ2n) is 5.34. The molecule has 5 amide bonds. The average Bonchev–Trinajstić information content (AvgIpc) is 2.65. The first kappa shape index (κ1) is 15.2. The van der Waals surface area contributed by atoms with E-state index < -0.39 is 23.8 Å². The molecule has 2 heterocycles. The van der Waals surface area contributed by atoms with Crippen LogP contribution in [0.15, 0.2) is 0 Å². The number of nitrogens with one attached hydrogen (secondary N) is 1. The third-order valence-corrected chi connectivity index (χ3v) is 3.71. The van der Waals surface area contributed by atoms with E-state index in [1.165, 1.54) is 4.90 Å². The van der Waals surface area contributed by atoms with Gasteiger partial charge in [-0.3, -0.25) is 19.3 Å². The Hall–Kier alpha value is -2.16. The number of likely N-dealkylation sites (N-methyl/N-ethyl adjacent to an activating group) is 1. The van der Waals surface area contributed by atoms with Crippen molar-refractivity contribution in [3.63, 3.8) is 0 Å². The van der Waals surface area contributed by atoms with Crippen LogP contribution in [0.3, 0.4) is 0 Å². The van der Waals surface area contributed by atoms with Gasteiger partial charge in [-0.1, -0.05) is 0 Å². The number of hydrogen-bond donors (Lipinski definition) is 2. The van der Waals surface area contributed by atoms with Crippen LogP contribution >= 0.6 is 0 Å². The smallest absolute Gasteiger partial charge is 0.325 e. The first-order chi connectivity index (χ1) is 9.88. The lowest BCUT2D eigenvalue weighted by molar-refractivity contribution is -0.137. The molecule has 0 aliphatic carbocycles. The zero-order chi connectivity index (χ0) is 15.6. The number of carbonyl (C=O) groups excluding carboxylic acids is 4. The van der Waals surface area contributed by atoms with E-state index in [9.17, 15) is 19.2 Å². The van der Waals surface area contributed by atoms with Crippen LogP contribution in [0.25, 0.3) is 0 Å². The molecule has 116 valence electrons. The van der Waals surface area contributed by atoms with Gasteiger partial charge in [-0.25, -0.2) is 4.79 Å². The van der Waals surface area contributed by atoms with Crippen LogP contribution in [-0.4, -0.2) is 84.8 Å². The van der Waals surface area contributed by atoms with Gasteiger partial charge in [0.05, 0.1) is 12.5 Å². The van der Waals surface area contributed by atoms with Crippen LogP contribution in [0.2, 0.25) is 0 Å². The number of primary amides is 1. The zero-order valence-electron chi connectivity index (χ0n) is 11.9. The first-order valence-corrected chi connectivity index (χ1v) is 6.72. The fourth-order valence-corrected chi connectivity index (χ4v) is 2.43. The monoisotopic (exact) mass is 297 g/mol. The maximum absolute atomic E-state index is 12.3. The Kier molecular flexibility index (Phi) is 4.41. The van der Waals surface area contributed by atoms with Crippen molar-refractivity contribution in [3.8, 4) is 0 Å². The predicted octanol–water partition coefficient (Wildman–Crippen LogP) is -2.59. The molecule has 9 nitrogen and oxygen atoms in total. The highest BCUT2D eigenvalue weighted by molar-refractivity contribution is 6.04. The van der Waals surface area contributed by atoms with Crippen LogP contribution in [0.1, 0.15) is 0 Å². The molecule has 9 heteroatoms. The summed E-state index contributed by atoms with van der Waals surface area (Å²) in [5.41, 5.74) is 5.34. The summed E-state index contributed by atoms with van der Waals surface area (Å²) in [4.78, 5) is 50.9. The van der Waals surface area contributed by atoms with Gasteiger partial charge in [-0.05, 0) is 7.05 Å². The molecule has 0 spiro atoms. The Morgan fingerprint density at radius 2 is 2.00 bits per heavy atom. The highest BCUT2D eigenvalue weighted by atomic mass is 16.2. The van der Waals surface area contributed by atoms with Gasteiger partial charge < -0.3 is 20.9 Å². The molecular formula is C12H19N5O4. The highest BCUT2D eigenvalue weighted by Gasteiger charge is 2.33. The number of carbonyl (C=O) groups is 4. The van der Waals surface area contributed by atoms with Gasteiger partial charge in [-0.15, -0.1) is 0 Å². The Morgan fingerprint density at radius 3 is 2.57 bits per heavy atom. The van der Waals surface area contributed by atoms with Crippen LogP contribution in [0.5, 0.6) is 0 Å². The summed E-state index contributed by atoms with van der Waals surface area (Å²) in [6.45, 7) is 1.35. The van der Waals surface area contributed by atoms with Gasteiger partial charge in [0.1, 0.15) is 6.54 Å². The van der Waals surface area contributed by atoms with Crippen molar-refractivity contribution in [1.29, 1.82) is 0 Å². The maximum atomic E-state index is 12.3. The largest absolute Gasteiger partial charge is 0.369 e. The minimum Gasteiger partial charge on any atom is -0.369 e. The van der Waals surface area contributed by atoms with E-state index in [0.717, 1.165) is 4.90 Å². The maximum Gasteiger partial charge on any atom is 0.325 e. The average molecular weight is 297 g/mol. The summed E-state index contributed by atoms with van der Waals surface area (Å²) in [6, 6.07) is -0.563. The number of urea groups is 1. The second-order valence-corrected chi connectivity index (χ2v) is 5.34. The molecule has 2 aliphatic heterocycles. The van der Waals surface area contributed by atoms with Crippen LogP contribution < -0.4 is 11.1 Å². The van der Waals surface area contributed by atoms with E-state index in [4.69, 9.17) is 5.73 Å². The van der Waals surface area contributed by atoms with Gasteiger partial charge in [0.25, 0.3) is 5.91 Å². The molecular weight excluding hydrogens is 278 g/mol. The molecule has 0 saturated carbocycles. The number of nitrogens with two attached hydrogens (primary N) is 1. The molecule has 1 atom stereocenters. The van der Waals surface area contributed by atoms with Crippen molar-refractivity contribution >= 4 is 23.8 Å². The fraction of sp³-hybridized carbons (Fsp3) is 0.667. The number of nitrogens with zero attached hydrogens (tertiary/aromatic N) is 3. The molecule has 0 aromatic heterocycles. The van der Waals surface area contributed by atoms with Crippen molar-refractivity contribution in [3.05, 3.63) is 0 Å². The van der Waals surface area contributed by atoms with Crippen molar-refractivity contribution < 1.29 is 19.2 Å². The van der Waals surface area contributed by atoms with Gasteiger partial charge >= 0.3 is 6.03 Å². The summed E-state index contributed by atoms with van der Waals surface area (Å²) in [5, 5.41) is 2.36. The lowest BCUT2D eigenvalue weighted by Gasteiger charge is -2.24. The van der Waals surface area contributed by atoms with Gasteiger partial charge in [-0.2, -0.15) is 0 Å². The Bertz CT molecular complexity index is 464. The molecule has 2 aliphatic rings. The molecule has 0 radical (unpaired) electrons. The number of rotatable bonds is 3. The molecule has 0 unspecified atom stereocenters. The van der Waals surface area contributed by atoms with Gasteiger partial charge in [0.15, 0.2) is 0 Å². The standard InChI is InChI=1S/C12H19N5O4/c1-15-2-3-16(6-8(5-15)11(13)20)10(19)7-17-9(18)4-14-12(17)21/h8H,2-7H2,1H3,(H2,13,20)(H,14,21)/t8-/m0/s1. The van der Waals surface area contributed by atoms with Crippen molar-refractivity contribution in [2.24, 2.45) is 11.7 Å². The number of hydrogen-bond acceptors (Lipinski definition) is 5. The van der Waals surface area contributed by atoms with Crippen molar-refractivity contribution in [2.75, 3.05) is 46.3 Å². The van der Waals surface area contributed by atoms with Crippen molar-refractivity contribution in [2.45, 2.75) is 0 Å². The summed E-state index contributed by atoms with van der Waals surface area (Å²) in [5.74, 6) is -1.70. The predicted molar refractivity (Wildman–Crippen MR) is 71.9 cm³/mol. The lowest BCUT2D eigenvalue weighted by Crippen LogP contribution is -2.46. The van der Waals surface area contributed by atoms with Crippen LogP contribution in [0, 0.1) is 5.92 Å². The minimum atomic E-state index is -0.563. The second kappa shape index (κ2) is 6.08. The molecule has 2 rings (SSSR count). The Labute approximate surface area is 122 Å². The van der Waals surface area contributed by atoms with Crippen molar-refractivity contribution in [1.82, 2.24) is 20.0 Å². The lowest BCUT2D eigenvalue weighted by atomic mass is 10.1. The Morgan fingerprint density at radius 1 is 1.29 bits per heavy atom. The normalized spacial score (nSPS) is 24.0. The quantitative estimate of drug-likeness (QED) is 0.555. The summed E-state index contributed by atoms with van der Waals surface area (Å²) >= 11 is 0. The van der Waals surface area contributed by atoms with E-state index in [1.807, 2.05) is 11.9 Å². The van der Waals surface area contributed by atoms with E-state index >= 15 is 0 Å². The van der Waals surface area contributed by atoms with Crippen LogP contribution in [-0.2, 0) is 14.4 Å². The summed E-state index contributed by atoms with van der Waals surface area (Å²) < 4.78 is 0. The highest BCUT2D eigenvalue weighted by Crippen LogP contribution is 2.10. The van der Waals surface area contributed by atoms with E-state index in [2.05, 4.69) is 5.32 Å². The third kappa shape index (κ3) is 3.48. The molecule has 3 N–H and O–H groups in total. The van der Waals surface area contributed by atoms with Gasteiger partial charge in [0.2, 0.25) is 11.8 Å². The summed E-state index contributed by atoms with van der Waals surface area (Å²) in [7, 11) is 1.85. The van der Waals surface area contributed by atoms with Gasteiger partial charge in [0, 0.05) is 26.2 Å². The van der Waals surface area contributed by atoms with E-state index in [-0.39, 0.29) is 25.5 Å². The fourth-order valence-electron chi connectivity index (χ4n) is 2.43. The first-order valence-electron chi connectivity index (χ1n) is 6.72. The molecule has 0 aromatic rings. The molecule has 21 heavy (non-hydrogen) atoms. The molecule has 0 bridgehead atoms. The molecule has 2 fully saturated rings. The van der Waals surface area contributed by atoms with Crippen LogP contribution in [0.4, 0.5) is 4.79 Å². The number of imide groups is 1. The summed E-state index contributed by atoms with van der Waals surface area (Å²) in [6.07, 6.45) is 0. The van der Waals surface area contributed by atoms with E-state index in [0.29, 0.717) is 19.6 Å². The SMILES string of the molecule is CN1CCN(C(=O)CN2C(=O)CNC2=O)C[C@@H](C(N)=O)C1. The van der Waals surface area contributed by atoms with E-state index in [1.54, 1.807) is 0 Å². The molecule has 0 aromatic carbocycles. The third-order valence-electron chi connectivity index (χ3n) is 3.71. The topological polar surface area (TPSA) is 116 Å². The molecule has 2 saturated heterocycles. The Balaban J connectivity index is 2.02. The minimum absolute atomic E-state index is 0.0846. The zero-order valence-corrected chi connectivity index (χ0v) is 11.9. The number of amides is 5.